The molecule has 0 heterocycles. The molecule has 0 amide bonds. The van der Waals surface area contributed by atoms with E-state index in [2.05, 4.69) is 9.05 Å². The first kappa shape index (κ1) is 29.4. The summed E-state index contributed by atoms with van der Waals surface area (Å²) in [7, 11) is -9.18. The number of rotatable bonds is 6. The molecular formula is C4H12K2O10P2. The monoisotopic (exact) mass is 360 g/mol. The number of phosphoric ester groups is 2. The standard InChI is InChI=1S/2C2H7O5P.2K/c2*3-1-2-7-8(4,5)6;;/h2*3H,1-2H2,(H2,4,5,6);;/q;;2*+1/p-2. The van der Waals surface area contributed by atoms with Crippen molar-refractivity contribution in [3.8, 4) is 0 Å². The minimum atomic E-state index is -4.59. The Balaban J connectivity index is -0.0000000980. The van der Waals surface area contributed by atoms with Crippen molar-refractivity contribution >= 4 is 15.6 Å². The Morgan fingerprint density at radius 3 is 1.11 bits per heavy atom. The average Bonchev–Trinajstić information content (AvgIpc) is 2.10. The van der Waals surface area contributed by atoms with Gasteiger partial charge in [0.05, 0.1) is 26.4 Å². The van der Waals surface area contributed by atoms with Gasteiger partial charge in [0.1, 0.15) is 0 Å². The summed E-state index contributed by atoms with van der Waals surface area (Å²) in [6, 6.07) is 0. The van der Waals surface area contributed by atoms with E-state index >= 15 is 0 Å². The van der Waals surface area contributed by atoms with Gasteiger partial charge in [0.2, 0.25) is 0 Å². The number of aliphatic hydroxyl groups is 2. The van der Waals surface area contributed by atoms with E-state index < -0.39 is 42.1 Å². The molecule has 0 aliphatic carbocycles. The minimum Gasteiger partial charge on any atom is -0.756 e. The Morgan fingerprint density at radius 1 is 0.833 bits per heavy atom. The van der Waals surface area contributed by atoms with E-state index in [1.165, 1.54) is 0 Å². The molecule has 4 N–H and O–H groups in total. The van der Waals surface area contributed by atoms with E-state index in [-0.39, 0.29) is 103 Å². The van der Waals surface area contributed by atoms with Gasteiger partial charge < -0.3 is 38.8 Å². The number of phosphoric acid groups is 2. The molecule has 10 nitrogen and oxygen atoms in total. The van der Waals surface area contributed by atoms with E-state index in [0.29, 0.717) is 0 Å². The number of aliphatic hydroxyl groups excluding tert-OH is 2. The molecule has 0 rings (SSSR count). The largest absolute Gasteiger partial charge is 1.00 e. The Hall–Kier alpha value is 3.41. The summed E-state index contributed by atoms with van der Waals surface area (Å²) in [4.78, 5) is 34.9. The van der Waals surface area contributed by atoms with Crippen LogP contribution < -0.4 is 113 Å². The molecule has 0 spiro atoms. The molecule has 0 aliphatic rings. The third-order valence-corrected chi connectivity index (χ3v) is 1.71. The molecule has 0 aromatic carbocycles. The summed E-state index contributed by atoms with van der Waals surface area (Å²) >= 11 is 0. The van der Waals surface area contributed by atoms with Crippen LogP contribution in [-0.4, -0.2) is 46.4 Å². The maximum Gasteiger partial charge on any atom is 1.00 e. The van der Waals surface area contributed by atoms with Crippen LogP contribution >= 0.6 is 15.6 Å². The topological polar surface area (TPSA) is 180 Å². The smallest absolute Gasteiger partial charge is 0.756 e. The second kappa shape index (κ2) is 16.8. The fourth-order valence-electron chi connectivity index (χ4n) is 0.312. The molecule has 14 heteroatoms. The van der Waals surface area contributed by atoms with E-state index in [1.54, 1.807) is 0 Å². The van der Waals surface area contributed by atoms with Gasteiger partial charge in [-0.3, -0.25) is 9.13 Å². The molecule has 0 bridgehead atoms. The summed E-state index contributed by atoms with van der Waals surface area (Å²) in [5.74, 6) is 0. The van der Waals surface area contributed by atoms with E-state index in [1.807, 2.05) is 0 Å². The molecule has 2 unspecified atom stereocenters. The fourth-order valence-corrected chi connectivity index (χ4v) is 0.937. The summed E-state index contributed by atoms with van der Waals surface area (Å²) in [5.41, 5.74) is 0. The zero-order valence-corrected chi connectivity index (χ0v) is 18.0. The van der Waals surface area contributed by atoms with Gasteiger partial charge in [-0.25, -0.2) is 0 Å². The van der Waals surface area contributed by atoms with Gasteiger partial charge in [-0.2, -0.15) is 0 Å². The van der Waals surface area contributed by atoms with Gasteiger partial charge in [0.15, 0.2) is 0 Å². The fraction of sp³-hybridized carbons (Fsp3) is 1.00. The molecule has 0 radical (unpaired) electrons. The predicted molar refractivity (Wildman–Crippen MR) is 45.7 cm³/mol. The quantitative estimate of drug-likeness (QED) is 0.262. The number of hydrogen-bond acceptors (Lipinski definition) is 8. The van der Waals surface area contributed by atoms with Crippen molar-refractivity contribution in [3.05, 3.63) is 0 Å². The van der Waals surface area contributed by atoms with Crippen molar-refractivity contribution in [2.75, 3.05) is 26.4 Å². The average molecular weight is 360 g/mol. The minimum absolute atomic E-state index is 0. The Labute approximate surface area is 189 Å². The first-order valence-corrected chi connectivity index (χ1v) is 6.70. The molecular weight excluding hydrogens is 348 g/mol. The van der Waals surface area contributed by atoms with E-state index in [4.69, 9.17) is 20.0 Å². The normalized spacial score (nSPS) is 15.9. The van der Waals surface area contributed by atoms with Crippen LogP contribution in [0.1, 0.15) is 0 Å². The third kappa shape index (κ3) is 36.6. The van der Waals surface area contributed by atoms with E-state index in [0.717, 1.165) is 0 Å². The maximum absolute atomic E-state index is 9.64. The summed E-state index contributed by atoms with van der Waals surface area (Å²) in [6.45, 7) is -1.63. The zero-order chi connectivity index (χ0) is 13.2. The van der Waals surface area contributed by atoms with Gasteiger partial charge in [0, 0.05) is 0 Å². The Morgan fingerprint density at radius 2 is 1.06 bits per heavy atom. The van der Waals surface area contributed by atoms with Crippen molar-refractivity contribution in [1.82, 2.24) is 0 Å². The molecule has 0 saturated heterocycles. The van der Waals surface area contributed by atoms with Crippen molar-refractivity contribution < 1.29 is 151 Å². The first-order chi connectivity index (χ1) is 7.12. The molecule has 0 aromatic rings. The van der Waals surface area contributed by atoms with E-state index in [9.17, 15) is 18.9 Å². The van der Waals surface area contributed by atoms with Gasteiger partial charge in [-0.15, -0.1) is 0 Å². The first-order valence-electron chi connectivity index (χ1n) is 3.71. The van der Waals surface area contributed by atoms with Gasteiger partial charge in [-0.05, 0) is 0 Å². The van der Waals surface area contributed by atoms with Crippen LogP contribution in [0.4, 0.5) is 0 Å². The van der Waals surface area contributed by atoms with Gasteiger partial charge in [0.25, 0.3) is 15.6 Å². The predicted octanol–water partition coefficient (Wildman–Crippen LogP) is -9.08. The third-order valence-electron chi connectivity index (χ3n) is 0.691. The Bertz CT molecular complexity index is 224. The SMILES string of the molecule is O=P([O-])(O)OCCO.O=P([O-])(O)OCCO.[K+].[K+]. The van der Waals surface area contributed by atoms with Crippen molar-refractivity contribution in [3.63, 3.8) is 0 Å². The second-order valence-electron chi connectivity index (χ2n) is 2.05. The maximum atomic E-state index is 9.64. The van der Waals surface area contributed by atoms with Crippen molar-refractivity contribution in [2.24, 2.45) is 0 Å². The molecule has 18 heavy (non-hydrogen) atoms. The van der Waals surface area contributed by atoms with Gasteiger partial charge >= 0.3 is 103 Å². The molecule has 2 atom stereocenters. The molecule has 0 aliphatic heterocycles. The summed E-state index contributed by atoms with van der Waals surface area (Å²) in [5, 5.41) is 15.9. The second-order valence-corrected chi connectivity index (χ2v) is 4.44. The van der Waals surface area contributed by atoms with Crippen LogP contribution in [0.25, 0.3) is 0 Å². The summed E-state index contributed by atoms with van der Waals surface area (Å²) in [6.07, 6.45) is 0. The molecule has 0 saturated carbocycles. The van der Waals surface area contributed by atoms with Crippen LogP contribution in [0.3, 0.4) is 0 Å². The van der Waals surface area contributed by atoms with Gasteiger partial charge in [-0.1, -0.05) is 0 Å². The van der Waals surface area contributed by atoms with Crippen molar-refractivity contribution in [1.29, 1.82) is 0 Å². The van der Waals surface area contributed by atoms with Crippen LogP contribution in [0.15, 0.2) is 0 Å². The molecule has 0 fully saturated rings. The van der Waals surface area contributed by atoms with Crippen LogP contribution in [0, 0.1) is 0 Å². The summed E-state index contributed by atoms with van der Waals surface area (Å²) < 4.78 is 26.6. The molecule has 100 valence electrons. The zero-order valence-electron chi connectivity index (χ0n) is 9.96. The Kier molecular flexibility index (Phi) is 27.4. The van der Waals surface area contributed by atoms with Crippen LogP contribution in [-0.2, 0) is 18.2 Å². The molecule has 0 aromatic heterocycles. The van der Waals surface area contributed by atoms with Crippen LogP contribution in [0.2, 0.25) is 0 Å². The number of hydrogen-bond donors (Lipinski definition) is 4. The van der Waals surface area contributed by atoms with Crippen molar-refractivity contribution in [2.45, 2.75) is 0 Å². The van der Waals surface area contributed by atoms with Crippen LogP contribution in [0.5, 0.6) is 0 Å².